The van der Waals surface area contributed by atoms with Gasteiger partial charge in [-0.1, -0.05) is 12.1 Å². The Labute approximate surface area is 107 Å². The summed E-state index contributed by atoms with van der Waals surface area (Å²) >= 11 is 3.04. The van der Waals surface area contributed by atoms with E-state index in [9.17, 15) is 14.3 Å². The first-order valence-corrected chi connectivity index (χ1v) is 5.76. The van der Waals surface area contributed by atoms with Crippen LogP contribution in [0.15, 0.2) is 35.3 Å². The fourth-order valence-electron chi connectivity index (χ4n) is 1.38. The normalized spacial score (nSPS) is 14.1. The molecule has 0 aliphatic rings. The third-order valence-electron chi connectivity index (χ3n) is 2.52. The Hall–Kier alpha value is -1.20. The SMILES string of the molecule is C=CCNC(C)(C(=O)O)c1ccc(F)c(Br)c1. The maximum atomic E-state index is 13.1. The van der Waals surface area contributed by atoms with E-state index in [1.54, 1.807) is 6.08 Å². The Bertz CT molecular complexity index is 450. The van der Waals surface area contributed by atoms with E-state index in [2.05, 4.69) is 27.8 Å². The summed E-state index contributed by atoms with van der Waals surface area (Å²) in [4.78, 5) is 11.3. The van der Waals surface area contributed by atoms with Gasteiger partial charge in [-0.2, -0.15) is 0 Å². The summed E-state index contributed by atoms with van der Waals surface area (Å²) in [5.74, 6) is -1.46. The molecule has 0 heterocycles. The second kappa shape index (κ2) is 5.42. The Balaban J connectivity index is 3.17. The molecule has 1 rings (SSSR count). The fourth-order valence-corrected chi connectivity index (χ4v) is 1.76. The molecule has 0 saturated carbocycles. The molecule has 1 aromatic rings. The first-order valence-electron chi connectivity index (χ1n) is 4.96. The van der Waals surface area contributed by atoms with Crippen molar-refractivity contribution in [3.8, 4) is 0 Å². The van der Waals surface area contributed by atoms with Gasteiger partial charge in [0.1, 0.15) is 11.4 Å². The molecule has 1 aromatic carbocycles. The summed E-state index contributed by atoms with van der Waals surface area (Å²) in [6.07, 6.45) is 1.57. The molecule has 1 unspecified atom stereocenters. The highest BCUT2D eigenvalue weighted by Crippen LogP contribution is 2.26. The molecule has 2 N–H and O–H groups in total. The van der Waals surface area contributed by atoms with Crippen LogP contribution in [0.1, 0.15) is 12.5 Å². The summed E-state index contributed by atoms with van der Waals surface area (Å²) in [7, 11) is 0. The standard InChI is InChI=1S/C12H13BrFNO2/c1-3-6-15-12(2,11(16)17)8-4-5-10(14)9(13)7-8/h3-5,7,15H,1,6H2,2H3,(H,16,17). The van der Waals surface area contributed by atoms with Crippen molar-refractivity contribution in [1.82, 2.24) is 5.32 Å². The van der Waals surface area contributed by atoms with E-state index >= 15 is 0 Å². The molecule has 3 nitrogen and oxygen atoms in total. The van der Waals surface area contributed by atoms with Crippen LogP contribution < -0.4 is 5.32 Å². The lowest BCUT2D eigenvalue weighted by Crippen LogP contribution is -2.46. The van der Waals surface area contributed by atoms with Gasteiger partial charge in [-0.15, -0.1) is 6.58 Å². The van der Waals surface area contributed by atoms with Gasteiger partial charge in [-0.3, -0.25) is 5.32 Å². The van der Waals surface area contributed by atoms with E-state index in [-0.39, 0.29) is 4.47 Å². The molecule has 0 fully saturated rings. The third-order valence-corrected chi connectivity index (χ3v) is 3.13. The predicted octanol–water partition coefficient (Wildman–Crippen LogP) is 2.66. The van der Waals surface area contributed by atoms with Gasteiger partial charge in [0.15, 0.2) is 0 Å². The van der Waals surface area contributed by atoms with Gasteiger partial charge in [0.25, 0.3) is 0 Å². The first-order chi connectivity index (χ1) is 7.91. The number of carboxylic acids is 1. The van der Waals surface area contributed by atoms with Crippen molar-refractivity contribution in [3.05, 3.63) is 46.7 Å². The van der Waals surface area contributed by atoms with Crippen molar-refractivity contribution >= 4 is 21.9 Å². The molecule has 0 amide bonds. The molecular formula is C12H13BrFNO2. The van der Waals surface area contributed by atoms with Crippen molar-refractivity contribution in [2.75, 3.05) is 6.54 Å². The lowest BCUT2D eigenvalue weighted by atomic mass is 9.92. The van der Waals surface area contributed by atoms with Crippen LogP contribution in [0, 0.1) is 5.82 Å². The molecule has 0 radical (unpaired) electrons. The zero-order valence-corrected chi connectivity index (χ0v) is 10.9. The highest BCUT2D eigenvalue weighted by Gasteiger charge is 2.34. The summed E-state index contributed by atoms with van der Waals surface area (Å²) in [6, 6.07) is 4.14. The van der Waals surface area contributed by atoms with Crippen LogP contribution in [0.4, 0.5) is 4.39 Å². The second-order valence-corrected chi connectivity index (χ2v) is 4.58. The number of nitrogens with one attached hydrogen (secondary N) is 1. The van der Waals surface area contributed by atoms with Crippen molar-refractivity contribution in [2.24, 2.45) is 0 Å². The molecular weight excluding hydrogens is 289 g/mol. The molecule has 0 aliphatic carbocycles. The number of aliphatic carboxylic acids is 1. The summed E-state index contributed by atoms with van der Waals surface area (Å²) in [6.45, 7) is 5.40. The predicted molar refractivity (Wildman–Crippen MR) is 67.3 cm³/mol. The Morgan fingerprint density at radius 2 is 2.35 bits per heavy atom. The van der Waals surface area contributed by atoms with Gasteiger partial charge >= 0.3 is 5.97 Å². The Kier molecular flexibility index (Phi) is 4.42. The van der Waals surface area contributed by atoms with Gasteiger partial charge in [0, 0.05) is 6.54 Å². The number of rotatable bonds is 5. The summed E-state index contributed by atoms with van der Waals surface area (Å²) in [5, 5.41) is 12.1. The first kappa shape index (κ1) is 13.9. The number of benzene rings is 1. The monoisotopic (exact) mass is 301 g/mol. The zero-order valence-electron chi connectivity index (χ0n) is 9.34. The second-order valence-electron chi connectivity index (χ2n) is 3.73. The molecule has 0 bridgehead atoms. The van der Waals surface area contributed by atoms with Crippen molar-refractivity contribution < 1.29 is 14.3 Å². The van der Waals surface area contributed by atoms with Crippen molar-refractivity contribution in [3.63, 3.8) is 0 Å². The Morgan fingerprint density at radius 1 is 1.71 bits per heavy atom. The van der Waals surface area contributed by atoms with Crippen molar-refractivity contribution in [2.45, 2.75) is 12.5 Å². The number of halogens is 2. The van der Waals surface area contributed by atoms with Crippen LogP contribution in [0.25, 0.3) is 0 Å². The van der Waals surface area contributed by atoms with Crippen LogP contribution in [0.5, 0.6) is 0 Å². The molecule has 5 heteroatoms. The molecule has 0 aromatic heterocycles. The van der Waals surface area contributed by atoms with Crippen LogP contribution in [0.3, 0.4) is 0 Å². The quantitative estimate of drug-likeness (QED) is 0.822. The Morgan fingerprint density at radius 3 is 2.82 bits per heavy atom. The van der Waals surface area contributed by atoms with Gasteiger partial charge in [0.05, 0.1) is 4.47 Å². The minimum Gasteiger partial charge on any atom is -0.480 e. The van der Waals surface area contributed by atoms with Crippen molar-refractivity contribution in [1.29, 1.82) is 0 Å². The third kappa shape index (κ3) is 2.92. The largest absolute Gasteiger partial charge is 0.480 e. The fraction of sp³-hybridized carbons (Fsp3) is 0.250. The highest BCUT2D eigenvalue weighted by molar-refractivity contribution is 9.10. The molecule has 0 aliphatic heterocycles. The van der Waals surface area contributed by atoms with E-state index in [1.807, 2.05) is 0 Å². The van der Waals surface area contributed by atoms with Crippen LogP contribution >= 0.6 is 15.9 Å². The lowest BCUT2D eigenvalue weighted by Gasteiger charge is -2.26. The summed E-state index contributed by atoms with van der Waals surface area (Å²) in [5.41, 5.74) is -0.801. The maximum Gasteiger partial charge on any atom is 0.328 e. The van der Waals surface area contributed by atoms with Gasteiger partial charge in [-0.05, 0) is 40.5 Å². The minimum absolute atomic E-state index is 0.239. The average Bonchev–Trinajstić information content (AvgIpc) is 2.29. The minimum atomic E-state index is -1.27. The van der Waals surface area contributed by atoms with Crippen LogP contribution in [-0.4, -0.2) is 17.6 Å². The molecule has 0 saturated heterocycles. The number of carbonyl (C=O) groups is 1. The number of carboxylic acid groups (broad SMARTS) is 1. The molecule has 1 atom stereocenters. The highest BCUT2D eigenvalue weighted by atomic mass is 79.9. The van der Waals surface area contributed by atoms with Crippen LogP contribution in [-0.2, 0) is 10.3 Å². The van der Waals surface area contributed by atoms with Crippen LogP contribution in [0.2, 0.25) is 0 Å². The molecule has 0 spiro atoms. The molecule has 92 valence electrons. The topological polar surface area (TPSA) is 49.3 Å². The van der Waals surface area contributed by atoms with Gasteiger partial charge in [0.2, 0.25) is 0 Å². The van der Waals surface area contributed by atoms with E-state index < -0.39 is 17.3 Å². The number of hydrogen-bond acceptors (Lipinski definition) is 2. The van der Waals surface area contributed by atoms with E-state index in [1.165, 1.54) is 25.1 Å². The smallest absolute Gasteiger partial charge is 0.328 e. The summed E-state index contributed by atoms with van der Waals surface area (Å²) < 4.78 is 13.3. The van der Waals surface area contributed by atoms with Gasteiger partial charge in [-0.25, -0.2) is 9.18 Å². The zero-order chi connectivity index (χ0) is 13.1. The lowest BCUT2D eigenvalue weighted by molar-refractivity contribution is -0.144. The average molecular weight is 302 g/mol. The van der Waals surface area contributed by atoms with Gasteiger partial charge < -0.3 is 5.11 Å². The molecule has 17 heavy (non-hydrogen) atoms. The van der Waals surface area contributed by atoms with E-state index in [4.69, 9.17) is 0 Å². The maximum absolute atomic E-state index is 13.1. The van der Waals surface area contributed by atoms with E-state index in [0.717, 1.165) is 0 Å². The van der Waals surface area contributed by atoms with E-state index in [0.29, 0.717) is 12.1 Å². The number of hydrogen-bond donors (Lipinski definition) is 2.